The fourth-order valence-electron chi connectivity index (χ4n) is 1.99. The lowest BCUT2D eigenvalue weighted by Crippen LogP contribution is -2.13. The normalized spacial score (nSPS) is 12.0. The molecule has 134 valence electrons. The van der Waals surface area contributed by atoms with Gasteiger partial charge in [0.05, 0.1) is 11.1 Å². The van der Waals surface area contributed by atoms with Crippen molar-refractivity contribution in [3.05, 3.63) is 51.8 Å². The summed E-state index contributed by atoms with van der Waals surface area (Å²) in [7, 11) is 0. The number of rotatable bonds is 4. The third-order valence-corrected chi connectivity index (χ3v) is 3.14. The Morgan fingerprint density at radius 2 is 2.04 bits per heavy atom. The van der Waals surface area contributed by atoms with Crippen LogP contribution in [0.5, 0.6) is 5.75 Å². The molecule has 0 amide bonds. The van der Waals surface area contributed by atoms with Crippen LogP contribution in [0.15, 0.2) is 35.4 Å². The second-order valence-electron chi connectivity index (χ2n) is 4.85. The summed E-state index contributed by atoms with van der Waals surface area (Å²) < 4.78 is 38.9. The Bertz CT molecular complexity index is 1020. The number of alkyl halides is 3. The maximum absolute atomic E-state index is 12.8. The van der Waals surface area contributed by atoms with Gasteiger partial charge < -0.3 is 5.11 Å². The second kappa shape index (κ2) is 6.27. The fourth-order valence-corrected chi connectivity index (χ4v) is 1.99. The Balaban J connectivity index is 1.85. The van der Waals surface area contributed by atoms with Crippen LogP contribution in [0, 0.1) is 10.1 Å². The molecule has 0 saturated carbocycles. The van der Waals surface area contributed by atoms with Gasteiger partial charge >= 0.3 is 11.9 Å². The summed E-state index contributed by atoms with van der Waals surface area (Å²) in [4.78, 5) is 9.99. The molecule has 2 N–H and O–H groups in total. The van der Waals surface area contributed by atoms with Gasteiger partial charge in [0.25, 0.3) is 5.82 Å². The van der Waals surface area contributed by atoms with Gasteiger partial charge in [-0.05, 0) is 18.2 Å². The molecule has 13 heteroatoms. The van der Waals surface area contributed by atoms with Crippen molar-refractivity contribution in [2.45, 2.75) is 6.18 Å². The Morgan fingerprint density at radius 3 is 2.73 bits per heavy atom. The van der Waals surface area contributed by atoms with E-state index in [0.717, 1.165) is 12.3 Å². The van der Waals surface area contributed by atoms with Crippen LogP contribution < -0.4 is 5.43 Å². The number of nitro benzene ring substituents is 1. The van der Waals surface area contributed by atoms with Gasteiger partial charge in [0.15, 0.2) is 11.5 Å². The van der Waals surface area contributed by atoms with Crippen LogP contribution in [0.3, 0.4) is 0 Å². The Kier molecular flexibility index (Phi) is 4.11. The molecule has 0 unspecified atom stereocenters. The van der Waals surface area contributed by atoms with Crippen molar-refractivity contribution in [1.82, 2.24) is 19.8 Å². The number of phenols is 1. The molecule has 0 spiro atoms. The predicted octanol–water partition coefficient (Wildman–Crippen LogP) is 2.20. The van der Waals surface area contributed by atoms with E-state index in [9.17, 15) is 28.4 Å². The topological polar surface area (TPSA) is 131 Å². The molecule has 0 fully saturated rings. The number of benzene rings is 1. The zero-order valence-electron chi connectivity index (χ0n) is 12.5. The molecule has 26 heavy (non-hydrogen) atoms. The quantitative estimate of drug-likeness (QED) is 0.410. The molecule has 0 atom stereocenters. The largest absolute Gasteiger partial charge is 0.502 e. The van der Waals surface area contributed by atoms with Gasteiger partial charge in [-0.15, -0.1) is 15.3 Å². The van der Waals surface area contributed by atoms with Crippen LogP contribution in [0.25, 0.3) is 5.65 Å². The van der Waals surface area contributed by atoms with Crippen molar-refractivity contribution >= 4 is 23.4 Å². The van der Waals surface area contributed by atoms with Crippen molar-refractivity contribution < 1.29 is 23.2 Å². The average Bonchev–Trinajstić information content (AvgIpc) is 2.99. The van der Waals surface area contributed by atoms with Crippen LogP contribution in [0.4, 0.5) is 24.7 Å². The van der Waals surface area contributed by atoms with Crippen LogP contribution in [0.1, 0.15) is 11.4 Å². The van der Waals surface area contributed by atoms with Gasteiger partial charge in [-0.25, -0.2) is 0 Å². The van der Waals surface area contributed by atoms with Gasteiger partial charge in [-0.2, -0.15) is 22.8 Å². The van der Waals surface area contributed by atoms with Gasteiger partial charge in [0.1, 0.15) is 0 Å². The van der Waals surface area contributed by atoms with Crippen molar-refractivity contribution in [3.63, 3.8) is 0 Å². The smallest absolute Gasteiger partial charge is 0.453 e. The molecule has 2 heterocycles. The highest BCUT2D eigenvalue weighted by Crippen LogP contribution is 2.28. The molecule has 0 aliphatic carbocycles. The molecule has 10 nitrogen and oxygen atoms in total. The van der Waals surface area contributed by atoms with Crippen LogP contribution in [0.2, 0.25) is 0 Å². The van der Waals surface area contributed by atoms with E-state index in [2.05, 4.69) is 25.8 Å². The minimum absolute atomic E-state index is 0.0352. The first-order valence-corrected chi connectivity index (χ1v) is 6.82. The van der Waals surface area contributed by atoms with E-state index in [-0.39, 0.29) is 17.0 Å². The number of phenolic OH excluding ortho intramolecular Hbond substituents is 1. The SMILES string of the molecule is O=[N+]([O-])c1cccc(/C=N/Nc2ccc3nnc(C(F)(F)F)n3n2)c1O. The number of hydrazone groups is 1. The third-order valence-electron chi connectivity index (χ3n) is 3.14. The number of halogens is 3. The van der Waals surface area contributed by atoms with Crippen molar-refractivity contribution in [2.75, 3.05) is 5.43 Å². The first-order valence-electron chi connectivity index (χ1n) is 6.82. The number of aromatic nitrogens is 4. The second-order valence-corrected chi connectivity index (χ2v) is 4.85. The van der Waals surface area contributed by atoms with Gasteiger partial charge in [-0.1, -0.05) is 6.07 Å². The lowest BCUT2D eigenvalue weighted by atomic mass is 10.2. The number of para-hydroxylation sites is 1. The Hall–Kier alpha value is -3.77. The summed E-state index contributed by atoms with van der Waals surface area (Å²) in [6.45, 7) is 0. The van der Waals surface area contributed by atoms with E-state index >= 15 is 0 Å². The summed E-state index contributed by atoms with van der Waals surface area (Å²) in [6.07, 6.45) is -3.67. The minimum atomic E-state index is -4.73. The van der Waals surface area contributed by atoms with E-state index in [4.69, 9.17) is 0 Å². The average molecular weight is 367 g/mol. The fraction of sp³-hybridized carbons (Fsp3) is 0.0769. The number of hydrogen-bond donors (Lipinski definition) is 2. The van der Waals surface area contributed by atoms with Gasteiger partial charge in [0, 0.05) is 11.6 Å². The molecular formula is C13H8F3N7O3. The monoisotopic (exact) mass is 367 g/mol. The minimum Gasteiger partial charge on any atom is -0.502 e. The number of anilines is 1. The number of nitrogens with one attached hydrogen (secondary N) is 1. The lowest BCUT2D eigenvalue weighted by molar-refractivity contribution is -0.385. The first-order chi connectivity index (χ1) is 12.3. The molecule has 3 aromatic rings. The maximum atomic E-state index is 12.8. The maximum Gasteiger partial charge on any atom is 0.453 e. The van der Waals surface area contributed by atoms with Crippen LogP contribution >= 0.6 is 0 Å². The standard InChI is InChI=1S/C13H8F3N7O3/c14-13(15,16)12-20-19-10-5-4-9(21-22(10)12)18-17-6-7-2-1-3-8(11(7)24)23(25)26/h1-6,24H,(H,18,21)/b17-6+. The number of nitrogens with zero attached hydrogens (tertiary/aromatic N) is 6. The van der Waals surface area contributed by atoms with Crippen molar-refractivity contribution in [3.8, 4) is 5.75 Å². The van der Waals surface area contributed by atoms with Crippen LogP contribution in [-0.4, -0.2) is 36.1 Å². The predicted molar refractivity (Wildman–Crippen MR) is 81.8 cm³/mol. The van der Waals surface area contributed by atoms with Crippen LogP contribution in [-0.2, 0) is 6.18 Å². The summed E-state index contributed by atoms with van der Waals surface area (Å²) in [5, 5.41) is 34.3. The number of aromatic hydroxyl groups is 1. The highest BCUT2D eigenvalue weighted by molar-refractivity contribution is 5.85. The molecular weight excluding hydrogens is 359 g/mol. The first kappa shape index (κ1) is 17.1. The summed E-state index contributed by atoms with van der Waals surface area (Å²) in [6, 6.07) is 6.38. The Labute approximate surface area is 141 Å². The van der Waals surface area contributed by atoms with E-state index < -0.39 is 28.4 Å². The Morgan fingerprint density at radius 1 is 1.27 bits per heavy atom. The molecule has 0 bridgehead atoms. The molecule has 0 aliphatic rings. The number of fused-ring (bicyclic) bond motifs is 1. The molecule has 0 saturated heterocycles. The number of nitro groups is 1. The zero-order chi connectivity index (χ0) is 18.9. The molecule has 1 aromatic carbocycles. The molecule has 2 aromatic heterocycles. The summed E-state index contributed by atoms with van der Waals surface area (Å²) in [5.74, 6) is -1.95. The molecule has 0 aliphatic heterocycles. The van der Waals surface area contributed by atoms with Gasteiger partial charge in [0.2, 0.25) is 5.75 Å². The van der Waals surface area contributed by atoms with E-state index in [1.165, 1.54) is 24.3 Å². The molecule has 3 rings (SSSR count). The van der Waals surface area contributed by atoms with E-state index in [1.54, 1.807) is 0 Å². The highest BCUT2D eigenvalue weighted by atomic mass is 19.4. The number of hydrogen-bond acceptors (Lipinski definition) is 8. The zero-order valence-corrected chi connectivity index (χ0v) is 12.5. The van der Waals surface area contributed by atoms with Crippen molar-refractivity contribution in [1.29, 1.82) is 0 Å². The van der Waals surface area contributed by atoms with E-state index in [0.29, 0.717) is 4.52 Å². The lowest BCUT2D eigenvalue weighted by Gasteiger charge is -2.04. The summed E-state index contributed by atoms with van der Waals surface area (Å²) in [5.41, 5.74) is 1.78. The highest BCUT2D eigenvalue weighted by Gasteiger charge is 2.37. The van der Waals surface area contributed by atoms with Gasteiger partial charge in [-0.3, -0.25) is 15.5 Å². The third kappa shape index (κ3) is 3.22. The van der Waals surface area contributed by atoms with Crippen molar-refractivity contribution in [2.24, 2.45) is 5.10 Å². The molecule has 0 radical (unpaired) electrons. The summed E-state index contributed by atoms with van der Waals surface area (Å²) >= 11 is 0. The van der Waals surface area contributed by atoms with E-state index in [1.807, 2.05) is 0 Å².